The SMILES string of the molecule is CC(C)CN(CC(N)=O)C(=O)c1csc(C=CC(=O)O)c1. The number of primary amides is 1. The first-order chi connectivity index (χ1) is 9.79. The Morgan fingerprint density at radius 3 is 2.62 bits per heavy atom. The molecule has 21 heavy (non-hydrogen) atoms. The maximum absolute atomic E-state index is 12.4. The van der Waals surface area contributed by atoms with Gasteiger partial charge in [-0.15, -0.1) is 11.3 Å². The van der Waals surface area contributed by atoms with Gasteiger partial charge in [-0.25, -0.2) is 4.79 Å². The Bertz CT molecular complexity index is 563. The fourth-order valence-corrected chi connectivity index (χ4v) is 2.51. The number of nitrogens with two attached hydrogens (primary N) is 1. The number of aliphatic carboxylic acids is 1. The highest BCUT2D eigenvalue weighted by atomic mass is 32.1. The van der Waals surface area contributed by atoms with Crippen molar-refractivity contribution in [1.29, 1.82) is 0 Å². The molecule has 0 fully saturated rings. The number of rotatable bonds is 7. The van der Waals surface area contributed by atoms with Gasteiger partial charge in [0.1, 0.15) is 0 Å². The highest BCUT2D eigenvalue weighted by molar-refractivity contribution is 7.11. The van der Waals surface area contributed by atoms with Gasteiger partial charge < -0.3 is 15.7 Å². The minimum Gasteiger partial charge on any atom is -0.478 e. The van der Waals surface area contributed by atoms with Gasteiger partial charge >= 0.3 is 5.97 Å². The van der Waals surface area contributed by atoms with Crippen molar-refractivity contribution in [3.05, 3.63) is 28.0 Å². The zero-order valence-corrected chi connectivity index (χ0v) is 12.7. The van der Waals surface area contributed by atoms with Crippen molar-refractivity contribution >= 4 is 35.2 Å². The number of hydrogen-bond acceptors (Lipinski definition) is 4. The lowest BCUT2D eigenvalue weighted by Gasteiger charge is -2.22. The summed E-state index contributed by atoms with van der Waals surface area (Å²) in [6, 6.07) is 1.60. The Morgan fingerprint density at radius 2 is 2.10 bits per heavy atom. The van der Waals surface area contributed by atoms with Gasteiger partial charge in [0, 0.05) is 22.9 Å². The van der Waals surface area contributed by atoms with E-state index in [0.29, 0.717) is 17.0 Å². The second kappa shape index (κ2) is 7.58. The third-order valence-corrected chi connectivity index (χ3v) is 3.37. The smallest absolute Gasteiger partial charge is 0.328 e. The van der Waals surface area contributed by atoms with E-state index in [9.17, 15) is 14.4 Å². The maximum atomic E-state index is 12.4. The summed E-state index contributed by atoms with van der Waals surface area (Å²) < 4.78 is 0. The van der Waals surface area contributed by atoms with E-state index in [4.69, 9.17) is 10.8 Å². The van der Waals surface area contributed by atoms with Crippen molar-refractivity contribution in [2.45, 2.75) is 13.8 Å². The van der Waals surface area contributed by atoms with Gasteiger partial charge in [-0.1, -0.05) is 13.8 Å². The van der Waals surface area contributed by atoms with Gasteiger partial charge in [0.25, 0.3) is 5.91 Å². The van der Waals surface area contributed by atoms with E-state index in [1.165, 1.54) is 22.3 Å². The van der Waals surface area contributed by atoms with Crippen molar-refractivity contribution in [1.82, 2.24) is 4.90 Å². The van der Waals surface area contributed by atoms with Crippen molar-refractivity contribution < 1.29 is 19.5 Å². The monoisotopic (exact) mass is 310 g/mol. The van der Waals surface area contributed by atoms with Crippen LogP contribution in [-0.2, 0) is 9.59 Å². The van der Waals surface area contributed by atoms with Crippen LogP contribution in [0.15, 0.2) is 17.5 Å². The molecule has 0 aliphatic heterocycles. The molecule has 114 valence electrons. The number of amides is 2. The van der Waals surface area contributed by atoms with Crippen molar-refractivity contribution in [3.8, 4) is 0 Å². The molecule has 1 aromatic heterocycles. The molecule has 0 saturated carbocycles. The first-order valence-electron chi connectivity index (χ1n) is 6.36. The van der Waals surface area contributed by atoms with Crippen LogP contribution >= 0.6 is 11.3 Å². The molecule has 0 aromatic carbocycles. The quantitative estimate of drug-likeness (QED) is 0.744. The Balaban J connectivity index is 2.88. The molecule has 0 aliphatic rings. The summed E-state index contributed by atoms with van der Waals surface area (Å²) in [5.41, 5.74) is 5.59. The fraction of sp³-hybridized carbons (Fsp3) is 0.357. The van der Waals surface area contributed by atoms with Crippen LogP contribution in [0.4, 0.5) is 0 Å². The van der Waals surface area contributed by atoms with Gasteiger partial charge in [0.2, 0.25) is 5.91 Å². The van der Waals surface area contributed by atoms with E-state index in [2.05, 4.69) is 0 Å². The van der Waals surface area contributed by atoms with Crippen LogP contribution < -0.4 is 5.73 Å². The Labute approximate surface area is 126 Å². The number of thiophene rings is 1. The number of carbonyl (C=O) groups is 3. The summed E-state index contributed by atoms with van der Waals surface area (Å²) in [6.45, 7) is 4.18. The summed E-state index contributed by atoms with van der Waals surface area (Å²) in [5, 5.41) is 10.2. The molecule has 1 aromatic rings. The molecule has 0 unspecified atom stereocenters. The molecular formula is C14H18N2O4S. The summed E-state index contributed by atoms with van der Waals surface area (Å²) in [4.78, 5) is 35.9. The van der Waals surface area contributed by atoms with Gasteiger partial charge in [0.15, 0.2) is 0 Å². The number of carboxylic acids is 1. The maximum Gasteiger partial charge on any atom is 0.328 e. The third-order valence-electron chi connectivity index (χ3n) is 2.48. The molecule has 0 aliphatic carbocycles. The molecule has 1 rings (SSSR count). The highest BCUT2D eigenvalue weighted by Crippen LogP contribution is 2.18. The van der Waals surface area contributed by atoms with Gasteiger partial charge in [-0.3, -0.25) is 9.59 Å². The molecule has 1 heterocycles. The van der Waals surface area contributed by atoms with Crippen LogP contribution in [0.3, 0.4) is 0 Å². The summed E-state index contributed by atoms with van der Waals surface area (Å²) in [5.74, 6) is -1.69. The first-order valence-corrected chi connectivity index (χ1v) is 7.24. The molecule has 0 spiro atoms. The summed E-state index contributed by atoms with van der Waals surface area (Å²) >= 11 is 1.26. The van der Waals surface area contributed by atoms with Crippen molar-refractivity contribution in [2.24, 2.45) is 11.7 Å². The van der Waals surface area contributed by atoms with Crippen LogP contribution in [0.2, 0.25) is 0 Å². The Hall–Kier alpha value is -2.15. The molecule has 0 radical (unpaired) electrons. The number of nitrogens with zero attached hydrogens (tertiary/aromatic N) is 1. The molecule has 0 atom stereocenters. The normalized spacial score (nSPS) is 11.0. The van der Waals surface area contributed by atoms with Gasteiger partial charge in [-0.2, -0.15) is 0 Å². The summed E-state index contributed by atoms with van der Waals surface area (Å²) in [7, 11) is 0. The zero-order chi connectivity index (χ0) is 16.0. The molecule has 0 bridgehead atoms. The molecule has 7 heteroatoms. The van der Waals surface area contributed by atoms with E-state index in [1.807, 2.05) is 13.8 Å². The van der Waals surface area contributed by atoms with Gasteiger partial charge in [0.05, 0.1) is 12.1 Å². The molecule has 0 saturated heterocycles. The van der Waals surface area contributed by atoms with Crippen LogP contribution in [0.1, 0.15) is 29.1 Å². The molecule has 2 amide bonds. The van der Waals surface area contributed by atoms with Crippen molar-refractivity contribution in [3.63, 3.8) is 0 Å². The average molecular weight is 310 g/mol. The van der Waals surface area contributed by atoms with E-state index < -0.39 is 11.9 Å². The molecule has 3 N–H and O–H groups in total. The number of carboxylic acid groups (broad SMARTS) is 1. The van der Waals surface area contributed by atoms with Crippen LogP contribution in [0, 0.1) is 5.92 Å². The number of hydrogen-bond donors (Lipinski definition) is 2. The fourth-order valence-electron chi connectivity index (χ4n) is 1.74. The largest absolute Gasteiger partial charge is 0.478 e. The lowest BCUT2D eigenvalue weighted by atomic mass is 10.2. The Kier molecular flexibility index (Phi) is 6.10. The van der Waals surface area contributed by atoms with Crippen molar-refractivity contribution in [2.75, 3.05) is 13.1 Å². The lowest BCUT2D eigenvalue weighted by molar-refractivity contribution is -0.131. The van der Waals surface area contributed by atoms with E-state index in [0.717, 1.165) is 6.08 Å². The average Bonchev–Trinajstić information content (AvgIpc) is 2.82. The minimum atomic E-state index is -1.05. The second-order valence-electron chi connectivity index (χ2n) is 4.96. The van der Waals surface area contributed by atoms with E-state index >= 15 is 0 Å². The highest BCUT2D eigenvalue weighted by Gasteiger charge is 2.19. The Morgan fingerprint density at radius 1 is 1.43 bits per heavy atom. The lowest BCUT2D eigenvalue weighted by Crippen LogP contribution is -2.40. The number of carbonyl (C=O) groups excluding carboxylic acids is 2. The summed E-state index contributed by atoms with van der Waals surface area (Å²) in [6.07, 6.45) is 2.43. The van der Waals surface area contributed by atoms with Crippen LogP contribution in [0.5, 0.6) is 0 Å². The minimum absolute atomic E-state index is 0.132. The van der Waals surface area contributed by atoms with Crippen LogP contribution in [0.25, 0.3) is 6.08 Å². The standard InChI is InChI=1S/C14H18N2O4S/c1-9(2)6-16(7-12(15)17)14(20)10-5-11(21-8-10)3-4-13(18)19/h3-5,8-9H,6-7H2,1-2H3,(H2,15,17)(H,18,19). The molecular weight excluding hydrogens is 292 g/mol. The van der Waals surface area contributed by atoms with E-state index in [-0.39, 0.29) is 18.4 Å². The molecule has 6 nitrogen and oxygen atoms in total. The van der Waals surface area contributed by atoms with Crippen LogP contribution in [-0.4, -0.2) is 40.9 Å². The first kappa shape index (κ1) is 16.9. The predicted octanol–water partition coefficient (Wildman–Crippen LogP) is 1.43. The topological polar surface area (TPSA) is 101 Å². The second-order valence-corrected chi connectivity index (χ2v) is 5.90. The van der Waals surface area contributed by atoms with E-state index in [1.54, 1.807) is 11.4 Å². The third kappa shape index (κ3) is 5.78. The zero-order valence-electron chi connectivity index (χ0n) is 11.9. The predicted molar refractivity (Wildman–Crippen MR) is 80.9 cm³/mol. The van der Waals surface area contributed by atoms with Gasteiger partial charge in [-0.05, 0) is 18.1 Å².